The standard InChI is InChI=1S/C17H21N5O2.ClH/c1-12(23)20-14-5-3-4-13(10-14)17(24)22-9-6-18-11-15(22)16-19-7-8-21(16)2;/h3-5,7-8,10,15,18H,6,9,11H2,1-2H3,(H,20,23);1H. The van der Waals surface area contributed by atoms with Crippen LogP contribution in [-0.2, 0) is 11.8 Å². The van der Waals surface area contributed by atoms with Gasteiger partial charge >= 0.3 is 0 Å². The van der Waals surface area contributed by atoms with E-state index in [0.717, 1.165) is 12.4 Å². The molecule has 2 amide bonds. The first-order chi connectivity index (χ1) is 11.6. The molecule has 1 aromatic heterocycles. The Morgan fingerprint density at radius 2 is 2.16 bits per heavy atom. The molecule has 0 saturated carbocycles. The summed E-state index contributed by atoms with van der Waals surface area (Å²) in [4.78, 5) is 30.5. The number of anilines is 1. The van der Waals surface area contributed by atoms with Gasteiger partial charge in [0.1, 0.15) is 11.9 Å². The van der Waals surface area contributed by atoms with Crippen molar-refractivity contribution < 1.29 is 9.59 Å². The van der Waals surface area contributed by atoms with E-state index in [4.69, 9.17) is 0 Å². The minimum Gasteiger partial charge on any atom is -0.336 e. The van der Waals surface area contributed by atoms with Crippen LogP contribution in [-0.4, -0.2) is 45.9 Å². The number of rotatable bonds is 3. The van der Waals surface area contributed by atoms with Gasteiger partial charge in [0.05, 0.1) is 0 Å². The third-order valence-corrected chi connectivity index (χ3v) is 4.09. The highest BCUT2D eigenvalue weighted by Gasteiger charge is 2.31. The van der Waals surface area contributed by atoms with E-state index in [0.29, 0.717) is 24.3 Å². The molecule has 3 rings (SSSR count). The summed E-state index contributed by atoms with van der Waals surface area (Å²) in [5.74, 6) is 0.637. The fourth-order valence-corrected chi connectivity index (χ4v) is 2.98. The van der Waals surface area contributed by atoms with Crippen molar-refractivity contribution in [3.8, 4) is 0 Å². The average molecular weight is 364 g/mol. The summed E-state index contributed by atoms with van der Waals surface area (Å²) >= 11 is 0. The normalized spacial score (nSPS) is 16.9. The molecule has 2 N–H and O–H groups in total. The second-order valence-corrected chi connectivity index (χ2v) is 5.88. The predicted octanol–water partition coefficient (Wildman–Crippen LogP) is 1.59. The third kappa shape index (κ3) is 4.18. The van der Waals surface area contributed by atoms with Gasteiger partial charge < -0.3 is 20.1 Å². The lowest BCUT2D eigenvalue weighted by Gasteiger charge is -2.35. The fourth-order valence-electron chi connectivity index (χ4n) is 2.98. The van der Waals surface area contributed by atoms with Crippen LogP contribution in [0.25, 0.3) is 0 Å². The van der Waals surface area contributed by atoms with Crippen molar-refractivity contribution in [2.75, 3.05) is 25.0 Å². The molecule has 25 heavy (non-hydrogen) atoms. The second kappa shape index (κ2) is 8.13. The summed E-state index contributed by atoms with van der Waals surface area (Å²) in [5, 5.41) is 6.03. The van der Waals surface area contributed by atoms with Crippen molar-refractivity contribution >= 4 is 29.9 Å². The first-order valence-corrected chi connectivity index (χ1v) is 7.93. The number of carbonyl (C=O) groups excluding carboxylic acids is 2. The summed E-state index contributed by atoms with van der Waals surface area (Å²) in [7, 11) is 1.93. The fraction of sp³-hybridized carbons (Fsp3) is 0.353. The van der Waals surface area contributed by atoms with E-state index >= 15 is 0 Å². The Morgan fingerprint density at radius 3 is 2.84 bits per heavy atom. The molecule has 134 valence electrons. The van der Waals surface area contributed by atoms with Crippen LogP contribution in [0, 0.1) is 0 Å². The molecule has 0 bridgehead atoms. The maximum absolute atomic E-state index is 13.0. The van der Waals surface area contributed by atoms with Gasteiger partial charge in [0, 0.05) is 57.3 Å². The van der Waals surface area contributed by atoms with Crippen LogP contribution < -0.4 is 10.6 Å². The summed E-state index contributed by atoms with van der Waals surface area (Å²) < 4.78 is 1.94. The zero-order valence-corrected chi connectivity index (χ0v) is 15.0. The summed E-state index contributed by atoms with van der Waals surface area (Å²) in [6.45, 7) is 3.47. The number of carbonyl (C=O) groups is 2. The molecule has 1 fully saturated rings. The molecular formula is C17H22ClN5O2. The van der Waals surface area contributed by atoms with Gasteiger partial charge in [-0.25, -0.2) is 4.98 Å². The van der Waals surface area contributed by atoms with Crippen molar-refractivity contribution in [1.82, 2.24) is 19.8 Å². The first-order valence-electron chi connectivity index (χ1n) is 7.93. The number of hydrogen-bond acceptors (Lipinski definition) is 4. The first kappa shape index (κ1) is 19.0. The van der Waals surface area contributed by atoms with E-state index in [2.05, 4.69) is 15.6 Å². The maximum Gasteiger partial charge on any atom is 0.254 e. The second-order valence-electron chi connectivity index (χ2n) is 5.88. The number of nitrogens with one attached hydrogen (secondary N) is 2. The highest BCUT2D eigenvalue weighted by molar-refractivity contribution is 5.97. The smallest absolute Gasteiger partial charge is 0.254 e. The van der Waals surface area contributed by atoms with E-state index in [1.165, 1.54) is 6.92 Å². The zero-order valence-electron chi connectivity index (χ0n) is 14.2. The van der Waals surface area contributed by atoms with E-state index in [-0.39, 0.29) is 30.3 Å². The lowest BCUT2D eigenvalue weighted by atomic mass is 10.1. The topological polar surface area (TPSA) is 79.3 Å². The minimum atomic E-state index is -0.160. The highest BCUT2D eigenvalue weighted by Crippen LogP contribution is 2.23. The SMILES string of the molecule is CC(=O)Nc1cccc(C(=O)N2CCNCC2c2nccn2C)c1.Cl. The van der Waals surface area contributed by atoms with Crippen LogP contribution in [0.4, 0.5) is 5.69 Å². The Kier molecular flexibility index (Phi) is 6.17. The van der Waals surface area contributed by atoms with Crippen molar-refractivity contribution in [1.29, 1.82) is 0 Å². The summed E-state index contributed by atoms with van der Waals surface area (Å²) in [6.07, 6.45) is 3.62. The molecule has 1 aliphatic heterocycles. The Labute approximate surface area is 152 Å². The van der Waals surface area contributed by atoms with E-state index in [1.54, 1.807) is 30.5 Å². The third-order valence-electron chi connectivity index (χ3n) is 4.09. The van der Waals surface area contributed by atoms with Crippen molar-refractivity contribution in [3.05, 3.63) is 48.0 Å². The number of imidazole rings is 1. The van der Waals surface area contributed by atoms with Crippen molar-refractivity contribution in [3.63, 3.8) is 0 Å². The van der Waals surface area contributed by atoms with E-state index in [9.17, 15) is 9.59 Å². The molecule has 1 unspecified atom stereocenters. The van der Waals surface area contributed by atoms with Gasteiger partial charge in [0.15, 0.2) is 0 Å². The van der Waals surface area contributed by atoms with Crippen LogP contribution >= 0.6 is 12.4 Å². The van der Waals surface area contributed by atoms with Crippen LogP contribution in [0.2, 0.25) is 0 Å². The zero-order chi connectivity index (χ0) is 17.1. The van der Waals surface area contributed by atoms with Crippen LogP contribution in [0.1, 0.15) is 29.1 Å². The van der Waals surface area contributed by atoms with Gasteiger partial charge in [0.2, 0.25) is 5.91 Å². The Bertz CT molecular complexity index is 761. The monoisotopic (exact) mass is 363 g/mol. The van der Waals surface area contributed by atoms with Gasteiger partial charge in [0.25, 0.3) is 5.91 Å². The van der Waals surface area contributed by atoms with Crippen LogP contribution in [0.3, 0.4) is 0 Å². The molecule has 0 aliphatic carbocycles. The van der Waals surface area contributed by atoms with Crippen molar-refractivity contribution in [2.24, 2.45) is 7.05 Å². The molecule has 1 saturated heterocycles. The number of hydrogen-bond donors (Lipinski definition) is 2. The molecule has 0 spiro atoms. The lowest BCUT2D eigenvalue weighted by Crippen LogP contribution is -2.49. The van der Waals surface area contributed by atoms with Gasteiger partial charge in [-0.05, 0) is 18.2 Å². The molecule has 0 radical (unpaired) electrons. The van der Waals surface area contributed by atoms with Gasteiger partial charge in [-0.3, -0.25) is 9.59 Å². The lowest BCUT2D eigenvalue weighted by molar-refractivity contribution is -0.114. The van der Waals surface area contributed by atoms with E-state index in [1.807, 2.05) is 22.7 Å². The minimum absolute atomic E-state index is 0. The van der Waals surface area contributed by atoms with Crippen LogP contribution in [0.5, 0.6) is 0 Å². The largest absolute Gasteiger partial charge is 0.336 e. The Hall–Kier alpha value is -2.38. The predicted molar refractivity (Wildman–Crippen MR) is 97.8 cm³/mol. The maximum atomic E-state index is 13.0. The summed E-state index contributed by atoms with van der Waals surface area (Å²) in [6, 6.07) is 6.91. The molecule has 8 heteroatoms. The number of benzene rings is 1. The molecule has 1 aromatic carbocycles. The molecular weight excluding hydrogens is 342 g/mol. The number of aromatic nitrogens is 2. The van der Waals surface area contributed by atoms with Crippen LogP contribution in [0.15, 0.2) is 36.7 Å². The molecule has 2 aromatic rings. The molecule has 1 atom stereocenters. The summed E-state index contributed by atoms with van der Waals surface area (Å²) in [5.41, 5.74) is 1.18. The molecule has 2 heterocycles. The molecule has 1 aliphatic rings. The number of halogens is 1. The Balaban J connectivity index is 0.00000225. The number of aryl methyl sites for hydroxylation is 1. The Morgan fingerprint density at radius 1 is 1.36 bits per heavy atom. The number of amides is 2. The van der Waals surface area contributed by atoms with Gasteiger partial charge in [-0.1, -0.05) is 6.07 Å². The number of nitrogens with zero attached hydrogens (tertiary/aromatic N) is 3. The number of piperazine rings is 1. The van der Waals surface area contributed by atoms with Gasteiger partial charge in [-0.2, -0.15) is 0 Å². The van der Waals surface area contributed by atoms with Gasteiger partial charge in [-0.15, -0.1) is 12.4 Å². The van der Waals surface area contributed by atoms with Crippen molar-refractivity contribution in [2.45, 2.75) is 13.0 Å². The highest BCUT2D eigenvalue weighted by atomic mass is 35.5. The van der Waals surface area contributed by atoms with E-state index < -0.39 is 0 Å². The molecule has 7 nitrogen and oxygen atoms in total. The quantitative estimate of drug-likeness (QED) is 0.867. The average Bonchev–Trinajstić information content (AvgIpc) is 3.00.